The fourth-order valence-electron chi connectivity index (χ4n) is 5.07. The Kier molecular flexibility index (Phi) is 8.12. The average molecular weight is 562 g/mol. The zero-order valence-electron chi connectivity index (χ0n) is 23.2. The van der Waals surface area contributed by atoms with Gasteiger partial charge >= 0.3 is 6.03 Å². The average Bonchev–Trinajstić information content (AvgIpc) is 2.90. The number of benzene rings is 2. The number of fused-ring (bicyclic) bond motifs is 6. The summed E-state index contributed by atoms with van der Waals surface area (Å²) in [6.07, 6.45) is 5.17. The number of urea groups is 1. The van der Waals surface area contributed by atoms with Crippen molar-refractivity contribution in [2.75, 3.05) is 29.0 Å². The van der Waals surface area contributed by atoms with Crippen LogP contribution in [-0.4, -0.2) is 45.4 Å². The summed E-state index contributed by atoms with van der Waals surface area (Å²) in [6, 6.07) is 14.0. The van der Waals surface area contributed by atoms with Crippen molar-refractivity contribution in [2.45, 2.75) is 58.4 Å². The van der Waals surface area contributed by atoms with Crippen LogP contribution in [0.25, 0.3) is 0 Å². The Hall–Kier alpha value is -3.85. The van der Waals surface area contributed by atoms with E-state index in [2.05, 4.69) is 43.4 Å². The summed E-state index contributed by atoms with van der Waals surface area (Å²) in [5.41, 5.74) is 4.44. The standard InChI is InChI=1S/C30H36ClN7O2/c1-30(2,3)37-29(40)38-13-11-20(12-14-38)16-26(39)35-25-10-9-23-17-21(25)8-7-19-5-4-6-22(15-19)34-28-32-18-24(31)27(33-23)36-28/h4-6,9-10,15,17-18,20H,7-8,11-14,16H2,1-3H3,(H,35,39)(H,37,40)(H2,32,33,34,36). The molecule has 0 unspecified atom stereocenters. The van der Waals surface area contributed by atoms with Crippen LogP contribution in [0.4, 0.5) is 33.6 Å². The van der Waals surface area contributed by atoms with Gasteiger partial charge in [0.1, 0.15) is 5.02 Å². The van der Waals surface area contributed by atoms with Crippen molar-refractivity contribution >= 4 is 52.4 Å². The first-order valence-corrected chi connectivity index (χ1v) is 14.1. The number of halogens is 1. The number of carbonyl (C=O) groups is 2. The number of aromatic nitrogens is 2. The maximum absolute atomic E-state index is 13.1. The zero-order valence-corrected chi connectivity index (χ0v) is 23.9. The van der Waals surface area contributed by atoms with Gasteiger partial charge in [-0.3, -0.25) is 4.79 Å². The molecule has 210 valence electrons. The monoisotopic (exact) mass is 561 g/mol. The highest BCUT2D eigenvalue weighted by molar-refractivity contribution is 6.32. The molecule has 2 aliphatic rings. The Labute approximate surface area is 240 Å². The number of carbonyl (C=O) groups excluding carboxylic acids is 2. The van der Waals surface area contributed by atoms with Crippen molar-refractivity contribution in [1.29, 1.82) is 0 Å². The minimum Gasteiger partial charge on any atom is -0.339 e. The molecular formula is C30H36ClN7O2. The maximum Gasteiger partial charge on any atom is 0.317 e. The number of piperidine rings is 1. The van der Waals surface area contributed by atoms with E-state index in [4.69, 9.17) is 11.6 Å². The molecule has 0 atom stereocenters. The Bertz CT molecular complexity index is 1400. The van der Waals surface area contributed by atoms with Crippen LogP contribution in [-0.2, 0) is 17.6 Å². The molecule has 9 nitrogen and oxygen atoms in total. The molecule has 3 aromatic rings. The van der Waals surface area contributed by atoms with Gasteiger partial charge in [0.05, 0.1) is 6.20 Å². The molecule has 2 aliphatic heterocycles. The largest absolute Gasteiger partial charge is 0.339 e. The molecule has 2 aromatic carbocycles. The molecule has 1 saturated heterocycles. The summed E-state index contributed by atoms with van der Waals surface area (Å²) in [4.78, 5) is 36.3. The molecule has 0 aliphatic carbocycles. The number of nitrogens with one attached hydrogen (secondary N) is 4. The predicted octanol–water partition coefficient (Wildman–Crippen LogP) is 6.26. The molecule has 3 heterocycles. The number of amides is 3. The predicted molar refractivity (Wildman–Crippen MR) is 160 cm³/mol. The third kappa shape index (κ3) is 7.21. The minimum absolute atomic E-state index is 0.00727. The molecule has 5 rings (SSSR count). The van der Waals surface area contributed by atoms with E-state index in [0.717, 1.165) is 53.9 Å². The number of rotatable bonds is 3. The second-order valence-electron chi connectivity index (χ2n) is 11.6. The van der Waals surface area contributed by atoms with E-state index in [1.807, 2.05) is 56.0 Å². The first-order chi connectivity index (χ1) is 19.1. The van der Waals surface area contributed by atoms with E-state index >= 15 is 0 Å². The van der Waals surface area contributed by atoms with Crippen LogP contribution in [0.3, 0.4) is 0 Å². The van der Waals surface area contributed by atoms with Crippen molar-refractivity contribution in [3.05, 3.63) is 64.8 Å². The first-order valence-electron chi connectivity index (χ1n) is 13.8. The Morgan fingerprint density at radius 2 is 1.82 bits per heavy atom. The van der Waals surface area contributed by atoms with E-state index < -0.39 is 0 Å². The topological polar surface area (TPSA) is 111 Å². The van der Waals surface area contributed by atoms with Crippen LogP contribution in [0.15, 0.2) is 48.7 Å². The fourth-order valence-corrected chi connectivity index (χ4v) is 5.21. The van der Waals surface area contributed by atoms with Crippen molar-refractivity contribution in [3.63, 3.8) is 0 Å². The summed E-state index contributed by atoms with van der Waals surface area (Å²) >= 11 is 6.38. The lowest BCUT2D eigenvalue weighted by molar-refractivity contribution is -0.117. The van der Waals surface area contributed by atoms with E-state index in [1.165, 1.54) is 0 Å². The fraction of sp³-hybridized carbons (Fsp3) is 0.400. The first kappa shape index (κ1) is 27.7. The lowest BCUT2D eigenvalue weighted by atomic mass is 9.93. The second-order valence-corrected chi connectivity index (χ2v) is 12.0. The molecule has 6 bridgehead atoms. The van der Waals surface area contributed by atoms with Gasteiger partial charge in [-0.1, -0.05) is 23.7 Å². The van der Waals surface area contributed by atoms with Crippen LogP contribution in [0.5, 0.6) is 0 Å². The Morgan fingerprint density at radius 3 is 2.60 bits per heavy atom. The Balaban J connectivity index is 1.28. The number of likely N-dealkylation sites (tertiary alicyclic amines) is 1. The molecule has 40 heavy (non-hydrogen) atoms. The van der Waals surface area contributed by atoms with Crippen molar-refractivity contribution in [3.8, 4) is 0 Å². The molecule has 0 radical (unpaired) electrons. The van der Waals surface area contributed by atoms with Crippen LogP contribution in [0.2, 0.25) is 5.02 Å². The van der Waals surface area contributed by atoms with Gasteiger partial charge in [0.2, 0.25) is 11.9 Å². The SMILES string of the molecule is CC(C)(C)NC(=O)N1CCC(CC(=O)Nc2ccc3cc2CCc2cccc(c2)Nc2ncc(Cl)c(n2)N3)CC1. The van der Waals surface area contributed by atoms with E-state index in [9.17, 15) is 9.59 Å². The summed E-state index contributed by atoms with van der Waals surface area (Å²) in [5.74, 6) is 1.19. The van der Waals surface area contributed by atoms with Crippen LogP contribution >= 0.6 is 11.6 Å². The van der Waals surface area contributed by atoms with Gasteiger partial charge in [0.25, 0.3) is 0 Å². The third-order valence-electron chi connectivity index (χ3n) is 7.11. The normalized spacial score (nSPS) is 15.4. The number of hydrogen-bond acceptors (Lipinski definition) is 6. The van der Waals surface area contributed by atoms with Crippen LogP contribution in [0.1, 0.15) is 51.2 Å². The van der Waals surface area contributed by atoms with E-state index in [0.29, 0.717) is 36.3 Å². The highest BCUT2D eigenvalue weighted by Gasteiger charge is 2.26. The third-order valence-corrected chi connectivity index (χ3v) is 7.39. The molecule has 1 aromatic heterocycles. The summed E-state index contributed by atoms with van der Waals surface area (Å²) in [7, 11) is 0. The highest BCUT2D eigenvalue weighted by atomic mass is 35.5. The number of nitrogens with zero attached hydrogens (tertiary/aromatic N) is 3. The summed E-state index contributed by atoms with van der Waals surface area (Å²) in [6.45, 7) is 7.25. The highest BCUT2D eigenvalue weighted by Crippen LogP contribution is 2.30. The molecule has 0 spiro atoms. The summed E-state index contributed by atoms with van der Waals surface area (Å²) < 4.78 is 0. The second kappa shape index (κ2) is 11.7. The van der Waals surface area contributed by atoms with Crippen LogP contribution < -0.4 is 21.3 Å². The van der Waals surface area contributed by atoms with Gasteiger partial charge < -0.3 is 26.2 Å². The van der Waals surface area contributed by atoms with Gasteiger partial charge in [-0.15, -0.1) is 0 Å². The molecular weight excluding hydrogens is 526 g/mol. The number of aryl methyl sites for hydroxylation is 2. The smallest absolute Gasteiger partial charge is 0.317 e. The number of hydrogen-bond donors (Lipinski definition) is 4. The lowest BCUT2D eigenvalue weighted by Gasteiger charge is -2.34. The minimum atomic E-state index is -0.267. The van der Waals surface area contributed by atoms with Crippen molar-refractivity contribution in [1.82, 2.24) is 20.2 Å². The molecule has 0 saturated carbocycles. The lowest BCUT2D eigenvalue weighted by Crippen LogP contribution is -2.50. The van der Waals surface area contributed by atoms with Gasteiger partial charge in [0, 0.05) is 42.1 Å². The van der Waals surface area contributed by atoms with Crippen molar-refractivity contribution in [2.24, 2.45) is 5.92 Å². The summed E-state index contributed by atoms with van der Waals surface area (Å²) in [5, 5.41) is 13.1. The molecule has 4 N–H and O–H groups in total. The molecule has 10 heteroatoms. The maximum atomic E-state index is 13.1. The van der Waals surface area contributed by atoms with E-state index in [1.54, 1.807) is 6.20 Å². The van der Waals surface area contributed by atoms with E-state index in [-0.39, 0.29) is 23.4 Å². The molecule has 1 fully saturated rings. The quantitative estimate of drug-likeness (QED) is 0.300. The number of anilines is 5. The Morgan fingerprint density at radius 1 is 1.05 bits per heavy atom. The van der Waals surface area contributed by atoms with Crippen molar-refractivity contribution < 1.29 is 9.59 Å². The van der Waals surface area contributed by atoms with Crippen LogP contribution in [0, 0.1) is 5.92 Å². The zero-order chi connectivity index (χ0) is 28.3. The van der Waals surface area contributed by atoms with Gasteiger partial charge in [-0.2, -0.15) is 4.98 Å². The molecule has 3 amide bonds. The van der Waals surface area contributed by atoms with Gasteiger partial charge in [-0.05, 0) is 93.8 Å². The van der Waals surface area contributed by atoms with Gasteiger partial charge in [-0.25, -0.2) is 9.78 Å². The van der Waals surface area contributed by atoms with Gasteiger partial charge in [0.15, 0.2) is 5.82 Å².